The Kier molecular flexibility index (Phi) is 8.90. The highest BCUT2D eigenvalue weighted by atomic mass is 35.5. The van der Waals surface area contributed by atoms with Gasteiger partial charge in [0.25, 0.3) is 5.24 Å². The van der Waals surface area contributed by atoms with Gasteiger partial charge >= 0.3 is 11.9 Å². The van der Waals surface area contributed by atoms with Gasteiger partial charge in [0.05, 0.1) is 18.6 Å². The standard InChI is InChI=1S/C23H25ClO5/c1-3-5-9-16-23(27-17-4-2,29-22(26)19-10-7-6-8-11-19)28-20-14-12-18(13-15-20)21(24)25/h4,6-8,10-15H,2-3,5,9,16-17H2,1H3. The van der Waals surface area contributed by atoms with E-state index < -0.39 is 17.2 Å². The summed E-state index contributed by atoms with van der Waals surface area (Å²) in [6.07, 6.45) is 4.53. The van der Waals surface area contributed by atoms with Crippen LogP contribution in [0.2, 0.25) is 0 Å². The van der Waals surface area contributed by atoms with Crippen LogP contribution in [0.3, 0.4) is 0 Å². The highest BCUT2D eigenvalue weighted by Crippen LogP contribution is 2.28. The highest BCUT2D eigenvalue weighted by Gasteiger charge is 2.38. The molecule has 2 rings (SSSR count). The molecular weight excluding hydrogens is 392 g/mol. The topological polar surface area (TPSA) is 61.8 Å². The highest BCUT2D eigenvalue weighted by molar-refractivity contribution is 6.67. The molecule has 0 bridgehead atoms. The molecule has 0 spiro atoms. The minimum atomic E-state index is -1.62. The van der Waals surface area contributed by atoms with Gasteiger partial charge in [-0.25, -0.2) is 4.79 Å². The summed E-state index contributed by atoms with van der Waals surface area (Å²) >= 11 is 5.49. The van der Waals surface area contributed by atoms with Crippen molar-refractivity contribution in [1.29, 1.82) is 0 Å². The van der Waals surface area contributed by atoms with Gasteiger partial charge in [0, 0.05) is 5.56 Å². The summed E-state index contributed by atoms with van der Waals surface area (Å²) in [6, 6.07) is 14.9. The van der Waals surface area contributed by atoms with Crippen molar-refractivity contribution in [2.75, 3.05) is 6.61 Å². The van der Waals surface area contributed by atoms with Crippen molar-refractivity contribution < 1.29 is 23.8 Å². The van der Waals surface area contributed by atoms with E-state index in [9.17, 15) is 9.59 Å². The molecule has 6 heteroatoms. The first-order valence-electron chi connectivity index (χ1n) is 9.52. The van der Waals surface area contributed by atoms with Crippen LogP contribution in [0.15, 0.2) is 67.3 Å². The van der Waals surface area contributed by atoms with Gasteiger partial charge in [-0.1, -0.05) is 44.0 Å². The van der Waals surface area contributed by atoms with Gasteiger partial charge in [0.2, 0.25) is 0 Å². The number of benzene rings is 2. The fourth-order valence-electron chi connectivity index (χ4n) is 2.64. The van der Waals surface area contributed by atoms with E-state index in [0.717, 1.165) is 19.3 Å². The molecule has 0 amide bonds. The van der Waals surface area contributed by atoms with Crippen LogP contribution in [0, 0.1) is 0 Å². The zero-order valence-electron chi connectivity index (χ0n) is 16.4. The quantitative estimate of drug-likeness (QED) is 0.145. The molecule has 0 saturated carbocycles. The molecular formula is C23H25ClO5. The van der Waals surface area contributed by atoms with Crippen molar-refractivity contribution in [2.45, 2.75) is 38.6 Å². The van der Waals surface area contributed by atoms with Crippen LogP contribution in [-0.4, -0.2) is 23.8 Å². The minimum Gasteiger partial charge on any atom is -0.430 e. The lowest BCUT2D eigenvalue weighted by atomic mass is 10.1. The first-order chi connectivity index (χ1) is 14.0. The lowest BCUT2D eigenvalue weighted by molar-refractivity contribution is -0.315. The maximum atomic E-state index is 12.7. The molecule has 2 aromatic rings. The maximum Gasteiger partial charge on any atom is 0.374 e. The Morgan fingerprint density at radius 1 is 1.03 bits per heavy atom. The molecule has 154 valence electrons. The summed E-state index contributed by atoms with van der Waals surface area (Å²) in [4.78, 5) is 24.0. The van der Waals surface area contributed by atoms with Gasteiger partial charge in [-0.3, -0.25) is 4.79 Å². The fourth-order valence-corrected chi connectivity index (χ4v) is 2.77. The third-order valence-electron chi connectivity index (χ3n) is 4.12. The normalized spacial score (nSPS) is 12.6. The van der Waals surface area contributed by atoms with Gasteiger partial charge in [0.15, 0.2) is 0 Å². The average molecular weight is 417 g/mol. The van der Waals surface area contributed by atoms with Crippen molar-refractivity contribution in [3.8, 4) is 5.75 Å². The maximum absolute atomic E-state index is 12.7. The molecule has 1 atom stereocenters. The van der Waals surface area contributed by atoms with Gasteiger partial charge in [-0.05, 0) is 54.4 Å². The van der Waals surface area contributed by atoms with Gasteiger partial charge < -0.3 is 14.2 Å². The molecule has 0 saturated heterocycles. The molecule has 0 aliphatic rings. The van der Waals surface area contributed by atoms with Crippen molar-refractivity contribution >= 4 is 22.8 Å². The summed E-state index contributed by atoms with van der Waals surface area (Å²) in [5.41, 5.74) is 0.727. The predicted octanol–water partition coefficient (Wildman–Crippen LogP) is 5.74. The third-order valence-corrected chi connectivity index (χ3v) is 4.34. The molecule has 0 fully saturated rings. The zero-order valence-corrected chi connectivity index (χ0v) is 17.2. The Balaban J connectivity index is 2.30. The van der Waals surface area contributed by atoms with E-state index in [1.807, 2.05) is 6.07 Å². The first-order valence-corrected chi connectivity index (χ1v) is 9.89. The second-order valence-electron chi connectivity index (χ2n) is 6.40. The Bertz CT molecular complexity index is 804. The molecule has 0 heterocycles. The van der Waals surface area contributed by atoms with Gasteiger partial charge in [-0.15, -0.1) is 6.58 Å². The monoisotopic (exact) mass is 416 g/mol. The SMILES string of the molecule is C=CCOC(CCCCC)(OC(=O)c1ccccc1)Oc1ccc(C(=O)Cl)cc1. The average Bonchev–Trinajstić information content (AvgIpc) is 2.73. The molecule has 0 N–H and O–H groups in total. The van der Waals surface area contributed by atoms with E-state index in [1.165, 1.54) is 12.1 Å². The smallest absolute Gasteiger partial charge is 0.374 e. The number of halogens is 1. The van der Waals surface area contributed by atoms with Crippen LogP contribution in [-0.2, 0) is 9.47 Å². The number of hydrogen-bond acceptors (Lipinski definition) is 5. The molecule has 29 heavy (non-hydrogen) atoms. The third kappa shape index (κ3) is 7.04. The van der Waals surface area contributed by atoms with E-state index in [-0.39, 0.29) is 6.61 Å². The molecule has 5 nitrogen and oxygen atoms in total. The van der Waals surface area contributed by atoms with Crippen LogP contribution < -0.4 is 4.74 Å². The Morgan fingerprint density at radius 3 is 2.31 bits per heavy atom. The number of ether oxygens (including phenoxy) is 3. The number of rotatable bonds is 12. The van der Waals surface area contributed by atoms with Crippen LogP contribution in [0.25, 0.3) is 0 Å². The lowest BCUT2D eigenvalue weighted by Crippen LogP contribution is -2.44. The van der Waals surface area contributed by atoms with Crippen molar-refractivity contribution in [3.63, 3.8) is 0 Å². The molecule has 0 aromatic heterocycles. The summed E-state index contributed by atoms with van der Waals surface area (Å²) in [7, 11) is 0. The summed E-state index contributed by atoms with van der Waals surface area (Å²) in [5.74, 6) is -1.80. The number of carbonyl (C=O) groups excluding carboxylic acids is 2. The van der Waals surface area contributed by atoms with Crippen LogP contribution >= 0.6 is 11.6 Å². The largest absolute Gasteiger partial charge is 0.430 e. The van der Waals surface area contributed by atoms with Crippen molar-refractivity contribution in [1.82, 2.24) is 0 Å². The Labute approximate surface area is 176 Å². The first kappa shape index (κ1) is 22.7. The molecule has 0 aliphatic heterocycles. The Hall–Kier alpha value is -2.63. The zero-order chi connectivity index (χ0) is 21.1. The van der Waals surface area contributed by atoms with Crippen molar-refractivity contribution in [3.05, 3.63) is 78.4 Å². The van der Waals surface area contributed by atoms with Crippen LogP contribution in [0.4, 0.5) is 0 Å². The molecule has 0 radical (unpaired) electrons. The van der Waals surface area contributed by atoms with E-state index in [1.54, 1.807) is 42.5 Å². The second kappa shape index (κ2) is 11.4. The van der Waals surface area contributed by atoms with E-state index in [0.29, 0.717) is 23.3 Å². The Morgan fingerprint density at radius 2 is 1.72 bits per heavy atom. The van der Waals surface area contributed by atoms with Gasteiger partial charge in [0.1, 0.15) is 5.75 Å². The number of esters is 1. The fraction of sp³-hybridized carbons (Fsp3) is 0.304. The van der Waals surface area contributed by atoms with E-state index in [4.69, 9.17) is 25.8 Å². The number of unbranched alkanes of at least 4 members (excludes halogenated alkanes) is 2. The van der Waals surface area contributed by atoms with Crippen molar-refractivity contribution in [2.24, 2.45) is 0 Å². The lowest BCUT2D eigenvalue weighted by Gasteiger charge is -2.33. The molecule has 1 unspecified atom stereocenters. The molecule has 2 aromatic carbocycles. The van der Waals surface area contributed by atoms with Gasteiger partial charge in [-0.2, -0.15) is 0 Å². The number of carbonyl (C=O) groups is 2. The summed E-state index contributed by atoms with van der Waals surface area (Å²) in [5, 5.41) is -0.566. The van der Waals surface area contributed by atoms with Crippen LogP contribution in [0.1, 0.15) is 53.3 Å². The van der Waals surface area contributed by atoms with Crippen LogP contribution in [0.5, 0.6) is 5.75 Å². The van der Waals surface area contributed by atoms with E-state index in [2.05, 4.69) is 13.5 Å². The second-order valence-corrected chi connectivity index (χ2v) is 6.74. The summed E-state index contributed by atoms with van der Waals surface area (Å²) in [6.45, 7) is 5.87. The minimum absolute atomic E-state index is 0.131. The molecule has 0 aliphatic carbocycles. The predicted molar refractivity (Wildman–Crippen MR) is 112 cm³/mol. The number of hydrogen-bond donors (Lipinski definition) is 0. The summed E-state index contributed by atoms with van der Waals surface area (Å²) < 4.78 is 17.6. The van der Waals surface area contributed by atoms with E-state index >= 15 is 0 Å².